The molecule has 3 aromatic rings. The van der Waals surface area contributed by atoms with Crippen molar-refractivity contribution < 1.29 is 14.6 Å². The molecule has 1 aromatic heterocycles. The second kappa shape index (κ2) is 7.52. The molecule has 132 valence electrons. The highest BCUT2D eigenvalue weighted by atomic mass is 16.5. The number of nitrogens with zero attached hydrogens (tertiary/aromatic N) is 2. The molecule has 0 spiro atoms. The number of aromatic carboxylic acids is 1. The maximum Gasteiger partial charge on any atom is 0.337 e. The smallest absolute Gasteiger partial charge is 0.337 e. The Labute approximate surface area is 150 Å². The lowest BCUT2D eigenvalue weighted by Crippen LogP contribution is -2.05. The van der Waals surface area contributed by atoms with Crippen molar-refractivity contribution in [1.29, 1.82) is 0 Å². The molecule has 0 saturated carbocycles. The van der Waals surface area contributed by atoms with Gasteiger partial charge in [0.05, 0.1) is 24.0 Å². The number of aryl methyl sites for hydroxylation is 1. The minimum atomic E-state index is -1.01. The Morgan fingerprint density at radius 1 is 0.962 bits per heavy atom. The van der Waals surface area contributed by atoms with Crippen LogP contribution in [0.3, 0.4) is 0 Å². The summed E-state index contributed by atoms with van der Waals surface area (Å²) >= 11 is 0. The summed E-state index contributed by atoms with van der Waals surface area (Å²) in [4.78, 5) is 20.1. The van der Waals surface area contributed by atoms with Gasteiger partial charge in [-0.2, -0.15) is 0 Å². The van der Waals surface area contributed by atoms with Gasteiger partial charge in [0.15, 0.2) is 0 Å². The SMILES string of the molecule is COc1ccccc1Nc1cc(Nc2ccccc2C(=O)O)nc(C)n1. The van der Waals surface area contributed by atoms with Crippen molar-refractivity contribution in [2.24, 2.45) is 0 Å². The van der Waals surface area contributed by atoms with Crippen LogP contribution < -0.4 is 15.4 Å². The summed E-state index contributed by atoms with van der Waals surface area (Å²) in [6, 6.07) is 15.9. The molecule has 0 radical (unpaired) electrons. The van der Waals surface area contributed by atoms with Crippen LogP contribution in [0, 0.1) is 6.92 Å². The van der Waals surface area contributed by atoms with Crippen LogP contribution in [0.4, 0.5) is 23.0 Å². The number of methoxy groups -OCH3 is 1. The van der Waals surface area contributed by atoms with Crippen LogP contribution in [0.25, 0.3) is 0 Å². The lowest BCUT2D eigenvalue weighted by molar-refractivity contribution is 0.0698. The van der Waals surface area contributed by atoms with Gasteiger partial charge >= 0.3 is 5.97 Å². The summed E-state index contributed by atoms with van der Waals surface area (Å²) in [5.74, 6) is 1.28. The molecule has 0 bridgehead atoms. The maximum absolute atomic E-state index is 11.4. The number of nitrogens with one attached hydrogen (secondary N) is 2. The Hall–Kier alpha value is -3.61. The van der Waals surface area contributed by atoms with E-state index in [0.29, 0.717) is 28.9 Å². The Bertz CT molecular complexity index is 944. The van der Waals surface area contributed by atoms with E-state index in [1.54, 1.807) is 38.3 Å². The lowest BCUT2D eigenvalue weighted by Gasteiger charge is -2.13. The number of anilines is 4. The zero-order chi connectivity index (χ0) is 18.5. The quantitative estimate of drug-likeness (QED) is 0.619. The molecule has 0 aliphatic rings. The molecule has 0 aliphatic heterocycles. The number of carboxylic acids is 1. The van der Waals surface area contributed by atoms with E-state index in [1.165, 1.54) is 6.07 Å². The Kier molecular flexibility index (Phi) is 4.98. The summed E-state index contributed by atoms with van der Waals surface area (Å²) in [5, 5.41) is 15.5. The summed E-state index contributed by atoms with van der Waals surface area (Å²) < 4.78 is 5.33. The minimum Gasteiger partial charge on any atom is -0.495 e. The van der Waals surface area contributed by atoms with E-state index < -0.39 is 5.97 Å². The van der Waals surface area contributed by atoms with E-state index in [4.69, 9.17) is 4.74 Å². The molecular weight excluding hydrogens is 332 g/mol. The van der Waals surface area contributed by atoms with Crippen LogP contribution >= 0.6 is 0 Å². The molecule has 0 aliphatic carbocycles. The van der Waals surface area contributed by atoms with Crippen LogP contribution in [0.2, 0.25) is 0 Å². The first-order chi connectivity index (χ1) is 12.6. The van der Waals surface area contributed by atoms with Crippen LogP contribution in [0.1, 0.15) is 16.2 Å². The fourth-order valence-corrected chi connectivity index (χ4v) is 2.50. The number of rotatable bonds is 6. The molecule has 7 nitrogen and oxygen atoms in total. The van der Waals surface area contributed by atoms with E-state index in [1.807, 2.05) is 24.3 Å². The van der Waals surface area contributed by atoms with Crippen LogP contribution in [-0.4, -0.2) is 28.2 Å². The highest BCUT2D eigenvalue weighted by Gasteiger charge is 2.11. The van der Waals surface area contributed by atoms with Gasteiger partial charge in [-0.15, -0.1) is 0 Å². The van der Waals surface area contributed by atoms with Gasteiger partial charge in [-0.3, -0.25) is 0 Å². The number of benzene rings is 2. The van der Waals surface area contributed by atoms with Gasteiger partial charge in [0, 0.05) is 6.07 Å². The summed E-state index contributed by atoms with van der Waals surface area (Å²) in [6.07, 6.45) is 0. The Morgan fingerprint density at radius 3 is 2.19 bits per heavy atom. The van der Waals surface area contributed by atoms with Crippen molar-refractivity contribution in [1.82, 2.24) is 9.97 Å². The number of ether oxygens (including phenoxy) is 1. The normalized spacial score (nSPS) is 10.2. The highest BCUT2D eigenvalue weighted by Crippen LogP contribution is 2.28. The van der Waals surface area contributed by atoms with Crippen LogP contribution in [-0.2, 0) is 0 Å². The number of para-hydroxylation sites is 3. The van der Waals surface area contributed by atoms with Gasteiger partial charge in [0.25, 0.3) is 0 Å². The molecule has 7 heteroatoms. The lowest BCUT2D eigenvalue weighted by atomic mass is 10.2. The number of carboxylic acid groups (broad SMARTS) is 1. The maximum atomic E-state index is 11.4. The summed E-state index contributed by atoms with van der Waals surface area (Å²) in [6.45, 7) is 1.77. The van der Waals surface area contributed by atoms with Gasteiger partial charge in [-0.1, -0.05) is 24.3 Å². The second-order valence-electron chi connectivity index (χ2n) is 5.49. The first kappa shape index (κ1) is 17.2. The molecule has 1 heterocycles. The van der Waals surface area contributed by atoms with Crippen molar-refractivity contribution in [3.8, 4) is 5.75 Å². The number of carbonyl (C=O) groups is 1. The Morgan fingerprint density at radius 2 is 1.54 bits per heavy atom. The van der Waals surface area contributed by atoms with Crippen molar-refractivity contribution >= 4 is 29.0 Å². The van der Waals surface area contributed by atoms with E-state index >= 15 is 0 Å². The van der Waals surface area contributed by atoms with Gasteiger partial charge in [0.2, 0.25) is 0 Å². The average Bonchev–Trinajstić information content (AvgIpc) is 2.62. The van der Waals surface area contributed by atoms with Crippen molar-refractivity contribution in [2.45, 2.75) is 6.92 Å². The van der Waals surface area contributed by atoms with E-state index in [9.17, 15) is 9.90 Å². The largest absolute Gasteiger partial charge is 0.495 e. The first-order valence-corrected chi connectivity index (χ1v) is 7.92. The molecular formula is C19H18N4O3. The van der Waals surface area contributed by atoms with Crippen LogP contribution in [0.15, 0.2) is 54.6 Å². The molecule has 0 atom stereocenters. The van der Waals surface area contributed by atoms with Gasteiger partial charge in [-0.05, 0) is 31.2 Å². The van der Waals surface area contributed by atoms with E-state index in [-0.39, 0.29) is 5.56 Å². The topological polar surface area (TPSA) is 96.4 Å². The zero-order valence-corrected chi connectivity index (χ0v) is 14.4. The third-order valence-electron chi connectivity index (χ3n) is 3.63. The third-order valence-corrected chi connectivity index (χ3v) is 3.63. The predicted octanol–water partition coefficient (Wildman–Crippen LogP) is 3.98. The van der Waals surface area contributed by atoms with E-state index in [0.717, 1.165) is 5.69 Å². The highest BCUT2D eigenvalue weighted by molar-refractivity contribution is 5.95. The predicted molar refractivity (Wildman–Crippen MR) is 99.7 cm³/mol. The standard InChI is InChI=1S/C19H18N4O3/c1-12-20-17(22-14-8-4-3-7-13(14)19(24)25)11-18(21-12)23-15-9-5-6-10-16(15)26-2/h3-11H,1-2H3,(H,24,25)(H2,20,21,22,23). The molecule has 3 N–H and O–H groups in total. The molecule has 0 saturated heterocycles. The van der Waals surface area contributed by atoms with Gasteiger partial charge in [-0.25, -0.2) is 14.8 Å². The van der Waals surface area contributed by atoms with Crippen molar-refractivity contribution in [3.63, 3.8) is 0 Å². The fraction of sp³-hybridized carbons (Fsp3) is 0.105. The molecule has 0 unspecified atom stereocenters. The second-order valence-corrected chi connectivity index (χ2v) is 5.49. The molecule has 26 heavy (non-hydrogen) atoms. The summed E-state index contributed by atoms with van der Waals surface area (Å²) in [5.41, 5.74) is 1.40. The third kappa shape index (κ3) is 3.89. The monoisotopic (exact) mass is 350 g/mol. The van der Waals surface area contributed by atoms with Crippen molar-refractivity contribution in [3.05, 3.63) is 66.0 Å². The number of hydrogen-bond donors (Lipinski definition) is 3. The van der Waals surface area contributed by atoms with Gasteiger partial charge < -0.3 is 20.5 Å². The fourth-order valence-electron chi connectivity index (χ4n) is 2.50. The minimum absolute atomic E-state index is 0.169. The number of aromatic nitrogens is 2. The van der Waals surface area contributed by atoms with E-state index in [2.05, 4.69) is 20.6 Å². The zero-order valence-electron chi connectivity index (χ0n) is 14.4. The summed E-state index contributed by atoms with van der Waals surface area (Å²) in [7, 11) is 1.60. The van der Waals surface area contributed by atoms with Crippen molar-refractivity contribution in [2.75, 3.05) is 17.7 Å². The van der Waals surface area contributed by atoms with Gasteiger partial charge in [0.1, 0.15) is 23.2 Å². The van der Waals surface area contributed by atoms with Crippen LogP contribution in [0.5, 0.6) is 5.75 Å². The first-order valence-electron chi connectivity index (χ1n) is 7.92. The molecule has 2 aromatic carbocycles. The molecule has 0 amide bonds. The molecule has 3 rings (SSSR count). The molecule has 0 fully saturated rings. The average molecular weight is 350 g/mol. The Balaban J connectivity index is 1.90. The number of hydrogen-bond acceptors (Lipinski definition) is 6.